The van der Waals surface area contributed by atoms with E-state index in [2.05, 4.69) is 0 Å². The Morgan fingerprint density at radius 1 is 1.62 bits per heavy atom. The van der Waals surface area contributed by atoms with Crippen LogP contribution in [0.1, 0.15) is 0 Å². The van der Waals surface area contributed by atoms with Crippen LogP contribution < -0.4 is 10.5 Å². The lowest BCUT2D eigenvalue weighted by atomic mass is 10.7. The van der Waals surface area contributed by atoms with Gasteiger partial charge in [-0.05, 0) is 0 Å². The van der Waals surface area contributed by atoms with Gasteiger partial charge >= 0.3 is 0 Å². The van der Waals surface area contributed by atoms with Gasteiger partial charge in [0.05, 0.1) is 0 Å². The monoisotopic (exact) mass is 158 g/mol. The molecule has 0 atom stereocenters. The van der Waals surface area contributed by atoms with Gasteiger partial charge in [-0.1, -0.05) is 0 Å². The Balaban J connectivity index is 3.42. The second kappa shape index (κ2) is 3.24. The van der Waals surface area contributed by atoms with Crippen molar-refractivity contribution in [3.8, 4) is 0 Å². The summed E-state index contributed by atoms with van der Waals surface area (Å²) in [5.41, 5.74) is 4.95. The first-order valence-electron chi connectivity index (χ1n) is 1.95. The van der Waals surface area contributed by atoms with Gasteiger partial charge in [0.1, 0.15) is 0 Å². The lowest BCUT2D eigenvalue weighted by Crippen LogP contribution is -2.25. The summed E-state index contributed by atoms with van der Waals surface area (Å²) in [7, 11) is 1.17. The van der Waals surface area contributed by atoms with E-state index in [1.54, 1.807) is 0 Å². The van der Waals surface area contributed by atoms with E-state index in [1.807, 2.05) is 4.72 Å². The average molecular weight is 159 g/mol. The predicted octanol–water partition coefficient (Wildman–Crippen LogP) is -0.982. The van der Waals surface area contributed by atoms with Gasteiger partial charge in [-0.3, -0.25) is 0 Å². The summed E-state index contributed by atoms with van der Waals surface area (Å²) in [5, 5.41) is 0. The normalized spacial score (nSPS) is 11.8. The number of nitrogens with one attached hydrogen (secondary N) is 1. The van der Waals surface area contributed by atoms with Crippen LogP contribution in [0.15, 0.2) is 0 Å². The number of rotatable bonds is 3. The van der Waals surface area contributed by atoms with Crippen LogP contribution in [-0.2, 0) is 9.24 Å². The quantitative estimate of drug-likeness (QED) is 0.519. The van der Waals surface area contributed by atoms with E-state index < -0.39 is 9.24 Å². The molecule has 0 rings (SSSR count). The number of hydrogen-bond donors (Lipinski definition) is 2. The third-order valence-electron chi connectivity index (χ3n) is 0.419. The molecule has 0 fully saturated rings. The van der Waals surface area contributed by atoms with Gasteiger partial charge in [0.15, 0.2) is 0 Å². The van der Waals surface area contributed by atoms with Crippen LogP contribution >= 0.6 is 10.7 Å². The molecule has 0 radical (unpaired) electrons. The fourth-order valence-electron chi connectivity index (χ4n) is 0.181. The highest BCUT2D eigenvalue weighted by molar-refractivity contribution is 8.12. The molecule has 0 saturated heterocycles. The lowest BCUT2D eigenvalue weighted by Gasteiger charge is -1.92. The zero-order valence-corrected chi connectivity index (χ0v) is 5.67. The van der Waals surface area contributed by atoms with Crippen molar-refractivity contribution in [2.45, 2.75) is 0 Å². The lowest BCUT2D eigenvalue weighted by molar-refractivity contribution is 0.597. The number of hydrogen-bond acceptors (Lipinski definition) is 3. The highest BCUT2D eigenvalue weighted by Gasteiger charge is 1.98. The first-order valence-corrected chi connectivity index (χ1v) is 4.26. The summed E-state index contributed by atoms with van der Waals surface area (Å²) in [6.45, 7) is 0.442. The zero-order valence-electron chi connectivity index (χ0n) is 4.09. The van der Waals surface area contributed by atoms with E-state index in [0.717, 1.165) is 0 Å². The molecule has 0 unspecified atom stereocenters. The second-order valence-electron chi connectivity index (χ2n) is 1.12. The van der Waals surface area contributed by atoms with Crippen molar-refractivity contribution in [1.82, 2.24) is 4.72 Å². The van der Waals surface area contributed by atoms with Crippen molar-refractivity contribution in [3.05, 3.63) is 0 Å². The van der Waals surface area contributed by atoms with Gasteiger partial charge in [-0.15, -0.1) is 0 Å². The van der Waals surface area contributed by atoms with E-state index in [-0.39, 0.29) is 13.1 Å². The molecule has 0 aromatic carbocycles. The minimum atomic E-state index is -3.54. The molecule has 0 aromatic heterocycles. The van der Waals surface area contributed by atoms with E-state index in [9.17, 15) is 8.42 Å². The Bertz CT molecular complexity index is 142. The maximum absolute atomic E-state index is 9.99. The standard InChI is InChI=1S/C2H7ClN2O2S/c3-8(6,7)5-2-1-4/h5H,1-2,4H2. The Kier molecular flexibility index (Phi) is 3.30. The Labute approximate surface area is 52.6 Å². The van der Waals surface area contributed by atoms with Crippen LogP contribution in [0.3, 0.4) is 0 Å². The van der Waals surface area contributed by atoms with Crippen molar-refractivity contribution in [1.29, 1.82) is 0 Å². The molecule has 4 nitrogen and oxygen atoms in total. The van der Waals surface area contributed by atoms with Crippen LogP contribution in [0, 0.1) is 0 Å². The van der Waals surface area contributed by atoms with E-state index >= 15 is 0 Å². The molecule has 0 heterocycles. The minimum absolute atomic E-state index is 0.186. The second-order valence-corrected chi connectivity index (χ2v) is 3.50. The molecule has 6 heteroatoms. The van der Waals surface area contributed by atoms with Crippen molar-refractivity contribution < 1.29 is 8.42 Å². The summed E-state index contributed by atoms with van der Waals surface area (Å²) in [4.78, 5) is 0. The maximum atomic E-state index is 9.99. The molecular weight excluding hydrogens is 152 g/mol. The van der Waals surface area contributed by atoms with Gasteiger partial charge in [0, 0.05) is 23.8 Å². The summed E-state index contributed by atoms with van der Waals surface area (Å²) in [6.07, 6.45) is 0. The van der Waals surface area contributed by atoms with Crippen LogP contribution in [0.25, 0.3) is 0 Å². The highest BCUT2D eigenvalue weighted by Crippen LogP contribution is 1.85. The molecule has 0 spiro atoms. The smallest absolute Gasteiger partial charge is 0.297 e. The van der Waals surface area contributed by atoms with E-state index in [0.29, 0.717) is 0 Å². The largest absolute Gasteiger partial charge is 0.329 e. The van der Waals surface area contributed by atoms with Crippen molar-refractivity contribution in [2.75, 3.05) is 13.1 Å². The summed E-state index contributed by atoms with van der Waals surface area (Å²) >= 11 is 0. The molecule has 50 valence electrons. The van der Waals surface area contributed by atoms with Crippen molar-refractivity contribution in [2.24, 2.45) is 5.73 Å². The summed E-state index contributed by atoms with van der Waals surface area (Å²) in [6, 6.07) is 0. The SMILES string of the molecule is NCCNS(=O)(=O)Cl. The fourth-order valence-corrected chi connectivity index (χ4v) is 0.774. The summed E-state index contributed by atoms with van der Waals surface area (Å²) < 4.78 is 22.0. The molecule has 0 amide bonds. The van der Waals surface area contributed by atoms with E-state index in [1.165, 1.54) is 0 Å². The first kappa shape index (κ1) is 8.16. The Morgan fingerprint density at radius 2 is 2.12 bits per heavy atom. The zero-order chi connectivity index (χ0) is 6.62. The Morgan fingerprint density at radius 3 is 2.25 bits per heavy atom. The van der Waals surface area contributed by atoms with Gasteiger partial charge < -0.3 is 5.73 Å². The average Bonchev–Trinajstić information content (AvgIpc) is 1.59. The molecule has 8 heavy (non-hydrogen) atoms. The van der Waals surface area contributed by atoms with Crippen LogP contribution in [0.5, 0.6) is 0 Å². The third-order valence-corrected chi connectivity index (χ3v) is 1.30. The molecule has 0 aliphatic rings. The molecule has 0 bridgehead atoms. The predicted molar refractivity (Wildman–Crippen MR) is 31.8 cm³/mol. The molecule has 0 aliphatic carbocycles. The summed E-state index contributed by atoms with van der Waals surface area (Å²) in [5.74, 6) is 0. The van der Waals surface area contributed by atoms with Gasteiger partial charge in [0.2, 0.25) is 0 Å². The molecule has 0 aromatic rings. The van der Waals surface area contributed by atoms with Crippen LogP contribution in [-0.4, -0.2) is 21.5 Å². The van der Waals surface area contributed by atoms with Crippen molar-refractivity contribution >= 4 is 19.9 Å². The van der Waals surface area contributed by atoms with Crippen molar-refractivity contribution in [3.63, 3.8) is 0 Å². The van der Waals surface area contributed by atoms with Gasteiger partial charge in [0.25, 0.3) is 9.24 Å². The maximum Gasteiger partial charge on any atom is 0.297 e. The molecule has 0 aliphatic heterocycles. The van der Waals surface area contributed by atoms with Gasteiger partial charge in [-0.25, -0.2) is 4.72 Å². The number of halogens is 1. The van der Waals surface area contributed by atoms with Gasteiger partial charge in [-0.2, -0.15) is 8.42 Å². The highest BCUT2D eigenvalue weighted by atomic mass is 35.7. The Hall–Kier alpha value is 0.160. The minimum Gasteiger partial charge on any atom is -0.329 e. The van der Waals surface area contributed by atoms with Crippen LogP contribution in [0.4, 0.5) is 0 Å². The fraction of sp³-hybridized carbons (Fsp3) is 1.00. The topological polar surface area (TPSA) is 72.2 Å². The van der Waals surface area contributed by atoms with E-state index in [4.69, 9.17) is 16.4 Å². The molecular formula is C2H7ClN2O2S. The molecule has 3 N–H and O–H groups in total. The number of nitrogens with two attached hydrogens (primary N) is 1. The van der Waals surface area contributed by atoms with Crippen LogP contribution in [0.2, 0.25) is 0 Å². The third kappa shape index (κ3) is 6.16. The molecule has 0 saturated carbocycles. The first-order chi connectivity index (χ1) is 3.56.